The van der Waals surface area contributed by atoms with Crippen molar-refractivity contribution in [2.75, 3.05) is 6.54 Å². The van der Waals surface area contributed by atoms with Gasteiger partial charge in [-0.05, 0) is 43.4 Å². The second-order valence-electron chi connectivity index (χ2n) is 9.88. The number of amides is 3. The fraction of sp³-hybridized carbons (Fsp3) is 0.519. The SMILES string of the molecule is CCC(C)C(NC(=O)C(CCCCN)NC(=O)C(N)CC(=O)O)C(=O)NC(Cc1c[nH]c2ccccc12)C(=O)O. The Morgan fingerprint density at radius 3 is 2.25 bits per heavy atom. The van der Waals surface area contributed by atoms with E-state index in [4.69, 9.17) is 16.6 Å². The number of H-pyrrole nitrogens is 1. The molecule has 0 radical (unpaired) electrons. The maximum atomic E-state index is 13.3. The highest BCUT2D eigenvalue weighted by molar-refractivity contribution is 5.95. The number of hydrogen-bond donors (Lipinski definition) is 8. The Morgan fingerprint density at radius 1 is 0.950 bits per heavy atom. The largest absolute Gasteiger partial charge is 0.481 e. The second-order valence-corrected chi connectivity index (χ2v) is 9.88. The molecule has 5 unspecified atom stereocenters. The molecule has 220 valence electrons. The van der Waals surface area contributed by atoms with E-state index in [0.717, 1.165) is 10.9 Å². The third-order valence-corrected chi connectivity index (χ3v) is 6.82. The fourth-order valence-corrected chi connectivity index (χ4v) is 4.26. The van der Waals surface area contributed by atoms with E-state index in [0.29, 0.717) is 31.4 Å². The van der Waals surface area contributed by atoms with Crippen molar-refractivity contribution in [1.29, 1.82) is 0 Å². The van der Waals surface area contributed by atoms with Crippen molar-refractivity contribution in [3.8, 4) is 0 Å². The number of nitrogens with one attached hydrogen (secondary N) is 4. The van der Waals surface area contributed by atoms with E-state index in [1.165, 1.54) is 0 Å². The average molecular weight is 561 g/mol. The van der Waals surface area contributed by atoms with Crippen molar-refractivity contribution >= 4 is 40.6 Å². The lowest BCUT2D eigenvalue weighted by atomic mass is 9.96. The summed E-state index contributed by atoms with van der Waals surface area (Å²) >= 11 is 0. The summed E-state index contributed by atoms with van der Waals surface area (Å²) in [6.45, 7) is 3.93. The molecule has 2 rings (SSSR count). The van der Waals surface area contributed by atoms with Gasteiger partial charge >= 0.3 is 11.9 Å². The van der Waals surface area contributed by atoms with Crippen LogP contribution in [0.3, 0.4) is 0 Å². The number of nitrogens with two attached hydrogens (primary N) is 2. The van der Waals surface area contributed by atoms with E-state index >= 15 is 0 Å². The zero-order valence-electron chi connectivity index (χ0n) is 22.8. The monoisotopic (exact) mass is 560 g/mol. The minimum atomic E-state index is -1.36. The Kier molecular flexibility index (Phi) is 12.6. The highest BCUT2D eigenvalue weighted by Gasteiger charge is 2.33. The molecule has 13 heteroatoms. The predicted molar refractivity (Wildman–Crippen MR) is 148 cm³/mol. The molecule has 2 aromatic rings. The van der Waals surface area contributed by atoms with Crippen LogP contribution in [0.5, 0.6) is 0 Å². The van der Waals surface area contributed by atoms with Gasteiger partial charge in [-0.3, -0.25) is 19.2 Å². The van der Waals surface area contributed by atoms with Crippen molar-refractivity contribution in [3.05, 3.63) is 36.0 Å². The Bertz CT molecular complexity index is 1180. The molecular formula is C27H40N6O7. The van der Waals surface area contributed by atoms with Crippen LogP contribution in [-0.2, 0) is 30.4 Å². The van der Waals surface area contributed by atoms with Crippen LogP contribution < -0.4 is 27.4 Å². The summed E-state index contributed by atoms with van der Waals surface area (Å²) in [6, 6.07) is 2.58. The number of aromatic nitrogens is 1. The number of aliphatic carboxylic acids is 2. The average Bonchev–Trinajstić information content (AvgIpc) is 3.32. The first-order valence-corrected chi connectivity index (χ1v) is 13.3. The molecule has 1 aromatic carbocycles. The molecule has 40 heavy (non-hydrogen) atoms. The predicted octanol–water partition coefficient (Wildman–Crippen LogP) is 0.227. The summed E-state index contributed by atoms with van der Waals surface area (Å²) in [5, 5.41) is 27.3. The first kappa shape index (κ1) is 32.2. The quantitative estimate of drug-likeness (QED) is 0.124. The lowest BCUT2D eigenvalue weighted by molar-refractivity contribution is -0.142. The van der Waals surface area contributed by atoms with Crippen LogP contribution >= 0.6 is 0 Å². The van der Waals surface area contributed by atoms with Gasteiger partial charge in [0.05, 0.1) is 12.5 Å². The zero-order chi connectivity index (χ0) is 29.8. The Labute approximate surface area is 232 Å². The van der Waals surface area contributed by atoms with Crippen LogP contribution in [0.4, 0.5) is 0 Å². The maximum Gasteiger partial charge on any atom is 0.326 e. The summed E-state index contributed by atoms with van der Waals surface area (Å²) in [7, 11) is 0. The van der Waals surface area contributed by atoms with Gasteiger partial charge in [0.15, 0.2) is 0 Å². The third kappa shape index (κ3) is 9.35. The number of carbonyl (C=O) groups is 5. The molecule has 0 aliphatic heterocycles. The van der Waals surface area contributed by atoms with Gasteiger partial charge in [-0.2, -0.15) is 0 Å². The molecule has 10 N–H and O–H groups in total. The first-order chi connectivity index (χ1) is 19.0. The van der Waals surface area contributed by atoms with Crippen LogP contribution in [-0.4, -0.2) is 75.6 Å². The standard InChI is InChI=1S/C27H40N6O7/c1-3-15(2)23(33-25(37)20(10-6-7-11-28)31-24(36)18(29)13-22(34)35)26(38)32-21(27(39)40)12-16-14-30-19-9-5-4-8-17(16)19/h4-5,8-9,14-15,18,20-21,23,30H,3,6-7,10-13,28-29H2,1-2H3,(H,31,36)(H,32,38)(H,33,37)(H,34,35)(H,39,40). The van der Waals surface area contributed by atoms with Gasteiger partial charge in [0.25, 0.3) is 0 Å². The van der Waals surface area contributed by atoms with Gasteiger partial charge in [-0.1, -0.05) is 38.5 Å². The molecule has 0 fully saturated rings. The number of benzene rings is 1. The molecule has 0 aliphatic rings. The maximum absolute atomic E-state index is 13.3. The zero-order valence-corrected chi connectivity index (χ0v) is 22.8. The van der Waals surface area contributed by atoms with Crippen molar-refractivity contribution in [2.24, 2.45) is 17.4 Å². The summed E-state index contributed by atoms with van der Waals surface area (Å²) in [5.41, 5.74) is 12.7. The molecule has 1 heterocycles. The van der Waals surface area contributed by atoms with Crippen molar-refractivity contribution in [2.45, 2.75) is 76.5 Å². The molecule has 0 saturated carbocycles. The number of hydrogen-bond acceptors (Lipinski definition) is 7. The lowest BCUT2D eigenvalue weighted by Crippen LogP contribution is -2.59. The number of para-hydroxylation sites is 1. The molecule has 3 amide bonds. The number of carboxylic acid groups (broad SMARTS) is 2. The molecule has 0 aliphatic carbocycles. The lowest BCUT2D eigenvalue weighted by Gasteiger charge is -2.28. The molecule has 0 spiro atoms. The van der Waals surface area contributed by atoms with E-state index in [-0.39, 0.29) is 18.8 Å². The van der Waals surface area contributed by atoms with Crippen LogP contribution in [0.15, 0.2) is 30.5 Å². The smallest absolute Gasteiger partial charge is 0.326 e. The number of carbonyl (C=O) groups excluding carboxylic acids is 3. The van der Waals surface area contributed by atoms with Gasteiger partial charge in [0.2, 0.25) is 17.7 Å². The van der Waals surface area contributed by atoms with Crippen LogP contribution in [0, 0.1) is 5.92 Å². The molecule has 1 aromatic heterocycles. The van der Waals surface area contributed by atoms with Crippen molar-refractivity contribution < 1.29 is 34.2 Å². The van der Waals surface area contributed by atoms with Crippen LogP contribution in [0.1, 0.15) is 51.5 Å². The topological polar surface area (TPSA) is 230 Å². The van der Waals surface area contributed by atoms with E-state index in [1.807, 2.05) is 31.2 Å². The minimum Gasteiger partial charge on any atom is -0.481 e. The Morgan fingerprint density at radius 2 is 1.62 bits per heavy atom. The number of unbranched alkanes of at least 4 members (excludes halogenated alkanes) is 1. The third-order valence-electron chi connectivity index (χ3n) is 6.82. The summed E-state index contributed by atoms with van der Waals surface area (Å²) < 4.78 is 0. The van der Waals surface area contributed by atoms with Crippen LogP contribution in [0.25, 0.3) is 10.9 Å². The summed E-state index contributed by atoms with van der Waals surface area (Å²) in [6.07, 6.45) is 2.83. The molecule has 0 bridgehead atoms. The molecule has 0 saturated heterocycles. The van der Waals surface area contributed by atoms with E-state index in [1.54, 1.807) is 13.1 Å². The first-order valence-electron chi connectivity index (χ1n) is 13.3. The number of aromatic amines is 1. The van der Waals surface area contributed by atoms with E-state index in [9.17, 15) is 29.1 Å². The van der Waals surface area contributed by atoms with Crippen LogP contribution in [0.2, 0.25) is 0 Å². The number of fused-ring (bicyclic) bond motifs is 1. The normalized spacial score (nSPS) is 14.9. The molecule has 13 nitrogen and oxygen atoms in total. The Balaban J connectivity index is 2.19. The Hall–Kier alpha value is -3.97. The van der Waals surface area contributed by atoms with Crippen molar-refractivity contribution in [1.82, 2.24) is 20.9 Å². The molecular weight excluding hydrogens is 520 g/mol. The van der Waals surface area contributed by atoms with Gasteiger partial charge in [-0.15, -0.1) is 0 Å². The summed E-state index contributed by atoms with van der Waals surface area (Å²) in [4.78, 5) is 65.1. The highest BCUT2D eigenvalue weighted by Crippen LogP contribution is 2.19. The number of rotatable bonds is 17. The van der Waals surface area contributed by atoms with Crippen molar-refractivity contribution in [3.63, 3.8) is 0 Å². The number of carboxylic acids is 2. The fourth-order valence-electron chi connectivity index (χ4n) is 4.26. The van der Waals surface area contributed by atoms with Gasteiger partial charge < -0.3 is 42.6 Å². The van der Waals surface area contributed by atoms with Gasteiger partial charge in [0, 0.05) is 23.5 Å². The summed E-state index contributed by atoms with van der Waals surface area (Å²) in [5.74, 6) is -5.03. The molecule has 5 atom stereocenters. The van der Waals surface area contributed by atoms with E-state index in [2.05, 4.69) is 20.9 Å². The van der Waals surface area contributed by atoms with Gasteiger partial charge in [-0.25, -0.2) is 4.79 Å². The van der Waals surface area contributed by atoms with E-state index < -0.39 is 60.2 Å². The minimum absolute atomic E-state index is 0.0193. The van der Waals surface area contributed by atoms with Gasteiger partial charge in [0.1, 0.15) is 18.1 Å². The highest BCUT2D eigenvalue weighted by atomic mass is 16.4. The second kappa shape index (κ2) is 15.6.